The van der Waals surface area contributed by atoms with Gasteiger partial charge >= 0.3 is 0 Å². The van der Waals surface area contributed by atoms with Crippen LogP contribution in [0.15, 0.2) is 0 Å². The number of fused-ring (bicyclic) bond motifs is 1. The summed E-state index contributed by atoms with van der Waals surface area (Å²) in [6.45, 7) is 4.38. The Hall–Kier alpha value is -0.120. The van der Waals surface area contributed by atoms with Gasteiger partial charge in [-0.3, -0.25) is 0 Å². The van der Waals surface area contributed by atoms with E-state index in [4.69, 9.17) is 14.2 Å². The van der Waals surface area contributed by atoms with Crippen LogP contribution >= 0.6 is 0 Å². The van der Waals surface area contributed by atoms with Crippen LogP contribution in [0.25, 0.3) is 0 Å². The molecule has 3 heteroatoms. The quantitative estimate of drug-likeness (QED) is 0.585. The van der Waals surface area contributed by atoms with Gasteiger partial charge in [-0.1, -0.05) is 0 Å². The highest BCUT2D eigenvalue weighted by Gasteiger charge is 2.65. The molecule has 8 atom stereocenters. The highest BCUT2D eigenvalue weighted by Crippen LogP contribution is 2.60. The fourth-order valence-corrected chi connectivity index (χ4v) is 4.31. The minimum Gasteiger partial charge on any atom is -0.349 e. The van der Waals surface area contributed by atoms with Gasteiger partial charge in [0.1, 0.15) is 0 Å². The molecule has 0 aromatic rings. The third kappa shape index (κ3) is 0.730. The lowest BCUT2D eigenvalue weighted by Gasteiger charge is -2.30. The molecule has 0 aromatic heterocycles. The topological polar surface area (TPSA) is 27.7 Å². The summed E-state index contributed by atoms with van der Waals surface area (Å²) < 4.78 is 17.5. The standard InChI is InChI=1S/C11H16O3/c1-4-8-6-3-7-9(8)5(2)13-11(7)14-10(6)12-4/h4-11H,3H2,1-2H3/t4-,5+,6-,7+,8-,9-,10-,11+/m1/s1. The smallest absolute Gasteiger partial charge is 0.164 e. The van der Waals surface area contributed by atoms with Crippen molar-refractivity contribution in [3.8, 4) is 0 Å². The van der Waals surface area contributed by atoms with E-state index in [1.54, 1.807) is 0 Å². The van der Waals surface area contributed by atoms with Crippen molar-refractivity contribution in [3.05, 3.63) is 0 Å². The highest BCUT2D eigenvalue weighted by molar-refractivity contribution is 5.06. The predicted octanol–water partition coefficient (Wildman–Crippen LogP) is 1.37. The fraction of sp³-hybridized carbons (Fsp3) is 1.00. The molecular weight excluding hydrogens is 180 g/mol. The lowest BCUT2D eigenvalue weighted by molar-refractivity contribution is -0.271. The van der Waals surface area contributed by atoms with Crippen molar-refractivity contribution in [1.82, 2.24) is 0 Å². The normalized spacial score (nSPS) is 69.0. The Morgan fingerprint density at radius 3 is 1.79 bits per heavy atom. The molecule has 0 unspecified atom stereocenters. The Kier molecular flexibility index (Phi) is 1.35. The van der Waals surface area contributed by atoms with Gasteiger partial charge < -0.3 is 14.2 Å². The molecule has 0 radical (unpaired) electrons. The van der Waals surface area contributed by atoms with Gasteiger partial charge in [-0.25, -0.2) is 0 Å². The minimum atomic E-state index is 0.0359. The summed E-state index contributed by atoms with van der Waals surface area (Å²) in [5, 5.41) is 0. The van der Waals surface area contributed by atoms with Crippen LogP contribution in [0.2, 0.25) is 0 Å². The molecule has 0 spiro atoms. The molecule has 4 fully saturated rings. The summed E-state index contributed by atoms with van der Waals surface area (Å²) in [7, 11) is 0. The van der Waals surface area contributed by atoms with Crippen LogP contribution in [-0.2, 0) is 14.2 Å². The van der Waals surface area contributed by atoms with Gasteiger partial charge in [0.2, 0.25) is 0 Å². The number of hydrogen-bond acceptors (Lipinski definition) is 3. The molecule has 3 aliphatic heterocycles. The molecule has 1 aliphatic carbocycles. The van der Waals surface area contributed by atoms with Gasteiger partial charge in [0, 0.05) is 11.8 Å². The Morgan fingerprint density at radius 1 is 0.786 bits per heavy atom. The number of rotatable bonds is 0. The second-order valence-corrected chi connectivity index (χ2v) is 5.27. The van der Waals surface area contributed by atoms with Crippen LogP contribution in [0.1, 0.15) is 20.3 Å². The Bertz CT molecular complexity index is 254. The summed E-state index contributed by atoms with van der Waals surface area (Å²) in [5.41, 5.74) is 0. The lowest BCUT2D eigenvalue weighted by atomic mass is 9.83. The zero-order valence-electron chi connectivity index (χ0n) is 8.55. The first-order chi connectivity index (χ1) is 6.75. The van der Waals surface area contributed by atoms with Crippen molar-refractivity contribution < 1.29 is 14.2 Å². The molecule has 3 nitrogen and oxygen atoms in total. The largest absolute Gasteiger partial charge is 0.349 e. The lowest BCUT2D eigenvalue weighted by Crippen LogP contribution is -2.35. The molecule has 0 amide bonds. The Labute approximate surface area is 83.7 Å². The Morgan fingerprint density at radius 2 is 1.29 bits per heavy atom. The van der Waals surface area contributed by atoms with Gasteiger partial charge in [0.15, 0.2) is 12.6 Å². The SMILES string of the molecule is C[C@@H]1O[C@H]2O[C@H]3O[C@H](C)[C@@H]4[C@H]3C[C@H]2[C@H]41. The van der Waals surface area contributed by atoms with Gasteiger partial charge in [-0.2, -0.15) is 0 Å². The van der Waals surface area contributed by atoms with E-state index in [0.29, 0.717) is 35.9 Å². The zero-order chi connectivity index (χ0) is 9.45. The summed E-state index contributed by atoms with van der Waals surface area (Å²) in [4.78, 5) is 0. The van der Waals surface area contributed by atoms with Crippen molar-refractivity contribution in [2.75, 3.05) is 0 Å². The molecule has 0 N–H and O–H groups in total. The molecule has 3 heterocycles. The van der Waals surface area contributed by atoms with Crippen LogP contribution in [-0.4, -0.2) is 24.8 Å². The first-order valence-corrected chi connectivity index (χ1v) is 5.72. The maximum absolute atomic E-state index is 5.85. The van der Waals surface area contributed by atoms with Gasteiger partial charge in [-0.15, -0.1) is 0 Å². The summed E-state index contributed by atoms with van der Waals surface area (Å²) in [5.74, 6) is 2.69. The number of hydrogen-bond donors (Lipinski definition) is 0. The van der Waals surface area contributed by atoms with E-state index < -0.39 is 0 Å². The summed E-state index contributed by atoms with van der Waals surface area (Å²) in [6.07, 6.45) is 2.07. The van der Waals surface area contributed by atoms with E-state index in [1.165, 1.54) is 6.42 Å². The molecule has 0 aromatic carbocycles. The molecule has 4 aliphatic rings. The maximum Gasteiger partial charge on any atom is 0.164 e. The molecule has 2 bridgehead atoms. The molecule has 3 saturated heterocycles. The number of ether oxygens (including phenoxy) is 3. The third-order valence-electron chi connectivity index (χ3n) is 4.73. The molecule has 4 rings (SSSR count). The molecule has 78 valence electrons. The molecular formula is C11H16O3. The average Bonchev–Trinajstić information content (AvgIpc) is 2.69. The van der Waals surface area contributed by atoms with Crippen molar-refractivity contribution >= 4 is 0 Å². The van der Waals surface area contributed by atoms with E-state index in [1.807, 2.05) is 0 Å². The second-order valence-electron chi connectivity index (χ2n) is 5.27. The van der Waals surface area contributed by atoms with Crippen LogP contribution in [0.3, 0.4) is 0 Å². The summed E-state index contributed by atoms with van der Waals surface area (Å²) in [6, 6.07) is 0. The summed E-state index contributed by atoms with van der Waals surface area (Å²) >= 11 is 0. The Balaban J connectivity index is 1.81. The first-order valence-electron chi connectivity index (χ1n) is 5.72. The fourth-order valence-electron chi connectivity index (χ4n) is 4.31. The second kappa shape index (κ2) is 2.34. The van der Waals surface area contributed by atoms with Crippen molar-refractivity contribution in [1.29, 1.82) is 0 Å². The van der Waals surface area contributed by atoms with Crippen LogP contribution in [0.4, 0.5) is 0 Å². The molecule has 14 heavy (non-hydrogen) atoms. The van der Waals surface area contributed by atoms with E-state index in [9.17, 15) is 0 Å². The van der Waals surface area contributed by atoms with E-state index in [0.717, 1.165) is 0 Å². The third-order valence-corrected chi connectivity index (χ3v) is 4.73. The maximum atomic E-state index is 5.85. The van der Waals surface area contributed by atoms with Gasteiger partial charge in [-0.05, 0) is 32.1 Å². The predicted molar refractivity (Wildman–Crippen MR) is 48.3 cm³/mol. The van der Waals surface area contributed by atoms with Gasteiger partial charge in [0.05, 0.1) is 12.2 Å². The average molecular weight is 196 g/mol. The van der Waals surface area contributed by atoms with E-state index in [2.05, 4.69) is 13.8 Å². The highest BCUT2D eigenvalue weighted by atomic mass is 16.8. The van der Waals surface area contributed by atoms with Crippen molar-refractivity contribution in [3.63, 3.8) is 0 Å². The van der Waals surface area contributed by atoms with E-state index >= 15 is 0 Å². The van der Waals surface area contributed by atoms with Crippen LogP contribution in [0.5, 0.6) is 0 Å². The first kappa shape index (κ1) is 8.08. The molecule has 1 saturated carbocycles. The van der Waals surface area contributed by atoms with E-state index in [-0.39, 0.29) is 12.6 Å². The van der Waals surface area contributed by atoms with Gasteiger partial charge in [0.25, 0.3) is 0 Å². The van der Waals surface area contributed by atoms with Crippen molar-refractivity contribution in [2.45, 2.75) is 45.1 Å². The van der Waals surface area contributed by atoms with Crippen LogP contribution < -0.4 is 0 Å². The van der Waals surface area contributed by atoms with Crippen LogP contribution in [0, 0.1) is 23.7 Å². The minimum absolute atomic E-state index is 0.0359. The monoisotopic (exact) mass is 196 g/mol. The van der Waals surface area contributed by atoms with Crippen molar-refractivity contribution in [2.24, 2.45) is 23.7 Å². The zero-order valence-corrected chi connectivity index (χ0v) is 8.55.